The summed E-state index contributed by atoms with van der Waals surface area (Å²) in [6.07, 6.45) is 4.22. The molecule has 232 valence electrons. The molecule has 2 aliphatic rings. The van der Waals surface area contributed by atoms with Crippen molar-refractivity contribution in [2.45, 2.75) is 70.0 Å². The minimum absolute atomic E-state index is 0.102. The minimum atomic E-state index is -0.772. The average Bonchev–Trinajstić information content (AvgIpc) is 3.39. The molecule has 3 rings (SSSR count). The first-order valence-electron chi connectivity index (χ1n) is 14.6. The average molecular weight is 606 g/mol. The Hall–Kier alpha value is -3.32. The van der Waals surface area contributed by atoms with Gasteiger partial charge < -0.3 is 36.0 Å². The zero-order valence-corrected chi connectivity index (χ0v) is 25.0. The van der Waals surface area contributed by atoms with Gasteiger partial charge in [-0.1, -0.05) is 12.1 Å². The summed E-state index contributed by atoms with van der Waals surface area (Å²) in [5.74, 6) is -0.982. The highest BCUT2D eigenvalue weighted by atomic mass is 32.1. The number of aliphatic hydroxyl groups is 1. The van der Waals surface area contributed by atoms with Gasteiger partial charge in [0.2, 0.25) is 29.5 Å². The smallest absolute Gasteiger partial charge is 0.246 e. The predicted octanol–water partition coefficient (Wildman–Crippen LogP) is 0.453. The standard InChI is InChI=1S/C29H43N5O7S/c1-19(36)30-11-6-3-10-23-29(40)34-24(28(39)33-23)17-22(26(34)20-8-7-9-21(16-20)41-15-14-35)27(38)32-13-5-2-4-12-31-25(37)18-42/h7-9,16,22-24,26,35,42H,2-6,10-15,17-18H2,1H3,(H,30,36)(H,31,37)(H,32,38)(H,33,39)/t22-,23-,24-,26-/m0/s1. The van der Waals surface area contributed by atoms with E-state index in [-0.39, 0.29) is 54.9 Å². The first-order chi connectivity index (χ1) is 20.3. The van der Waals surface area contributed by atoms with Gasteiger partial charge in [0, 0.05) is 26.6 Å². The number of ether oxygens (including phenoxy) is 1. The lowest BCUT2D eigenvalue weighted by atomic mass is 9.92. The molecular weight excluding hydrogens is 562 g/mol. The van der Waals surface area contributed by atoms with Crippen LogP contribution >= 0.6 is 12.6 Å². The molecule has 0 saturated carbocycles. The van der Waals surface area contributed by atoms with Crippen molar-refractivity contribution < 1.29 is 33.8 Å². The maximum absolute atomic E-state index is 13.8. The van der Waals surface area contributed by atoms with Crippen LogP contribution in [0.2, 0.25) is 0 Å². The third kappa shape index (κ3) is 9.35. The number of hydrogen-bond acceptors (Lipinski definition) is 8. The Morgan fingerprint density at radius 3 is 2.48 bits per heavy atom. The van der Waals surface area contributed by atoms with Crippen molar-refractivity contribution in [3.05, 3.63) is 29.8 Å². The number of nitrogens with zero attached hydrogens (tertiary/aromatic N) is 1. The Labute approximate surface area is 252 Å². The molecular formula is C29H43N5O7S. The van der Waals surface area contributed by atoms with Gasteiger partial charge in [-0.2, -0.15) is 12.6 Å². The molecule has 0 bridgehead atoms. The highest BCUT2D eigenvalue weighted by Gasteiger charge is 2.54. The molecule has 5 amide bonds. The summed E-state index contributed by atoms with van der Waals surface area (Å²) in [6.45, 7) is 2.87. The number of thiol groups is 1. The van der Waals surface area contributed by atoms with E-state index in [4.69, 9.17) is 4.74 Å². The summed E-state index contributed by atoms with van der Waals surface area (Å²) >= 11 is 3.93. The lowest BCUT2D eigenvalue weighted by molar-refractivity contribution is -0.149. The second-order valence-electron chi connectivity index (χ2n) is 10.6. The van der Waals surface area contributed by atoms with E-state index in [0.29, 0.717) is 50.2 Å². The number of rotatable bonds is 17. The van der Waals surface area contributed by atoms with E-state index in [9.17, 15) is 29.1 Å². The number of carbonyl (C=O) groups is 5. The topological polar surface area (TPSA) is 166 Å². The van der Waals surface area contributed by atoms with Crippen molar-refractivity contribution in [1.82, 2.24) is 26.2 Å². The summed E-state index contributed by atoms with van der Waals surface area (Å²) in [7, 11) is 0. The van der Waals surface area contributed by atoms with Crippen LogP contribution in [0.15, 0.2) is 24.3 Å². The fraction of sp³-hybridized carbons (Fsp3) is 0.621. The molecule has 2 heterocycles. The number of nitrogens with one attached hydrogen (secondary N) is 4. The Balaban J connectivity index is 1.71. The quantitative estimate of drug-likeness (QED) is 0.111. The fourth-order valence-electron chi connectivity index (χ4n) is 5.49. The van der Waals surface area contributed by atoms with Crippen molar-refractivity contribution in [3.8, 4) is 5.75 Å². The zero-order valence-electron chi connectivity index (χ0n) is 24.1. The van der Waals surface area contributed by atoms with E-state index in [1.165, 1.54) is 6.92 Å². The molecule has 2 saturated heterocycles. The highest BCUT2D eigenvalue weighted by molar-refractivity contribution is 7.81. The Morgan fingerprint density at radius 2 is 1.76 bits per heavy atom. The number of aliphatic hydroxyl groups excluding tert-OH is 1. The van der Waals surface area contributed by atoms with Crippen molar-refractivity contribution in [2.24, 2.45) is 5.92 Å². The van der Waals surface area contributed by atoms with Gasteiger partial charge in [0.05, 0.1) is 24.3 Å². The SMILES string of the molecule is CC(=O)NCCCC[C@@H]1NC(=O)[C@@H]2C[C@H](C(=O)NCCCCCNC(=O)CS)[C@H](c3cccc(OCCO)c3)N2C1=O. The first-order valence-corrected chi connectivity index (χ1v) is 15.3. The number of fused-ring (bicyclic) bond motifs is 1. The van der Waals surface area contributed by atoms with Gasteiger partial charge in [0.25, 0.3) is 0 Å². The number of benzene rings is 1. The largest absolute Gasteiger partial charge is 0.491 e. The molecule has 0 unspecified atom stereocenters. The summed E-state index contributed by atoms with van der Waals surface area (Å²) < 4.78 is 5.59. The maximum Gasteiger partial charge on any atom is 0.246 e. The molecule has 12 nitrogen and oxygen atoms in total. The van der Waals surface area contributed by atoms with Crippen molar-refractivity contribution in [3.63, 3.8) is 0 Å². The third-order valence-corrected chi connectivity index (χ3v) is 7.76. The number of amides is 5. The van der Waals surface area contributed by atoms with Crippen LogP contribution in [0.25, 0.3) is 0 Å². The van der Waals surface area contributed by atoms with E-state index < -0.39 is 24.0 Å². The number of carbonyl (C=O) groups excluding carboxylic acids is 5. The normalized spacial score (nSPS) is 21.4. The summed E-state index contributed by atoms with van der Waals surface area (Å²) in [5.41, 5.74) is 0.681. The number of hydrogen-bond donors (Lipinski definition) is 6. The molecule has 1 aromatic carbocycles. The first kappa shape index (κ1) is 33.2. The molecule has 13 heteroatoms. The fourth-order valence-corrected chi connectivity index (χ4v) is 5.60. The van der Waals surface area contributed by atoms with Gasteiger partial charge in [-0.25, -0.2) is 0 Å². The molecule has 5 N–H and O–H groups in total. The Morgan fingerprint density at radius 1 is 1.05 bits per heavy atom. The van der Waals surface area contributed by atoms with E-state index in [1.807, 2.05) is 6.07 Å². The van der Waals surface area contributed by atoms with Crippen LogP contribution in [-0.2, 0) is 24.0 Å². The maximum atomic E-state index is 13.8. The molecule has 0 spiro atoms. The van der Waals surface area contributed by atoms with Crippen LogP contribution in [0.3, 0.4) is 0 Å². The lowest BCUT2D eigenvalue weighted by Crippen LogP contribution is -2.61. The van der Waals surface area contributed by atoms with E-state index in [1.54, 1.807) is 23.1 Å². The van der Waals surface area contributed by atoms with Gasteiger partial charge in [-0.3, -0.25) is 24.0 Å². The van der Waals surface area contributed by atoms with Gasteiger partial charge >= 0.3 is 0 Å². The Bertz CT molecular complexity index is 1100. The second kappa shape index (κ2) is 17.0. The van der Waals surface area contributed by atoms with Crippen molar-refractivity contribution in [1.29, 1.82) is 0 Å². The molecule has 2 aliphatic heterocycles. The van der Waals surface area contributed by atoms with Crippen molar-refractivity contribution in [2.75, 3.05) is 38.6 Å². The van der Waals surface area contributed by atoms with Crippen LogP contribution in [0.1, 0.15) is 63.5 Å². The Kier molecular flexibility index (Phi) is 13.4. The molecule has 4 atom stereocenters. The molecule has 0 aromatic heterocycles. The molecule has 0 aliphatic carbocycles. The zero-order chi connectivity index (χ0) is 30.5. The lowest BCUT2D eigenvalue weighted by Gasteiger charge is -2.38. The number of piperazine rings is 1. The van der Waals surface area contributed by atoms with Gasteiger partial charge in [0.1, 0.15) is 24.4 Å². The highest BCUT2D eigenvalue weighted by Crippen LogP contribution is 2.44. The van der Waals surface area contributed by atoms with Gasteiger partial charge in [-0.15, -0.1) is 0 Å². The van der Waals surface area contributed by atoms with Crippen LogP contribution in [-0.4, -0.2) is 90.2 Å². The predicted molar refractivity (Wildman–Crippen MR) is 159 cm³/mol. The number of unbranched alkanes of at least 4 members (excludes halogenated alkanes) is 3. The molecule has 42 heavy (non-hydrogen) atoms. The summed E-state index contributed by atoms with van der Waals surface area (Å²) in [6, 6.07) is 4.93. The van der Waals surface area contributed by atoms with Crippen LogP contribution in [0.5, 0.6) is 5.75 Å². The van der Waals surface area contributed by atoms with E-state index in [0.717, 1.165) is 19.3 Å². The second-order valence-corrected chi connectivity index (χ2v) is 10.9. The van der Waals surface area contributed by atoms with Crippen LogP contribution in [0, 0.1) is 5.92 Å². The molecule has 2 fully saturated rings. The van der Waals surface area contributed by atoms with Gasteiger partial charge in [0.15, 0.2) is 0 Å². The minimum Gasteiger partial charge on any atom is -0.491 e. The molecule has 0 radical (unpaired) electrons. The third-order valence-electron chi connectivity index (χ3n) is 7.47. The van der Waals surface area contributed by atoms with E-state index >= 15 is 0 Å². The molecule has 1 aromatic rings. The van der Waals surface area contributed by atoms with Crippen molar-refractivity contribution >= 4 is 42.2 Å². The van der Waals surface area contributed by atoms with Crippen LogP contribution < -0.4 is 26.0 Å². The van der Waals surface area contributed by atoms with Crippen LogP contribution in [0.4, 0.5) is 0 Å². The monoisotopic (exact) mass is 605 g/mol. The summed E-state index contributed by atoms with van der Waals surface area (Å²) in [5, 5.41) is 20.5. The van der Waals surface area contributed by atoms with Gasteiger partial charge in [-0.05, 0) is 62.6 Å². The van der Waals surface area contributed by atoms with E-state index in [2.05, 4.69) is 33.9 Å². The summed E-state index contributed by atoms with van der Waals surface area (Å²) in [4.78, 5) is 64.5.